The van der Waals surface area contributed by atoms with Crippen molar-refractivity contribution in [1.29, 1.82) is 0 Å². The van der Waals surface area contributed by atoms with Crippen LogP contribution in [-0.2, 0) is 20.7 Å². The highest BCUT2D eigenvalue weighted by Crippen LogP contribution is 2.18. The third kappa shape index (κ3) is 5.34. The minimum atomic E-state index is -0.697. The highest BCUT2D eigenvalue weighted by atomic mass is 35.5. The quantitative estimate of drug-likeness (QED) is 0.850. The monoisotopic (exact) mass is 339 g/mol. The topological polar surface area (TPSA) is 55.4 Å². The van der Waals surface area contributed by atoms with Crippen LogP contribution in [0, 0.1) is 11.6 Å². The maximum Gasteiger partial charge on any atom is 0.310 e. The molecule has 0 radical (unpaired) electrons. The fourth-order valence-corrected chi connectivity index (χ4v) is 1.95. The van der Waals surface area contributed by atoms with Gasteiger partial charge in [0.05, 0.1) is 12.1 Å². The second-order valence-corrected chi connectivity index (χ2v) is 5.08. The Morgan fingerprint density at radius 2 is 1.91 bits per heavy atom. The van der Waals surface area contributed by atoms with Gasteiger partial charge >= 0.3 is 5.97 Å². The van der Waals surface area contributed by atoms with Crippen LogP contribution < -0.4 is 5.32 Å². The molecule has 0 atom stereocenters. The number of nitrogens with one attached hydrogen (secondary N) is 1. The molecule has 0 spiro atoms. The lowest BCUT2D eigenvalue weighted by atomic mass is 10.1. The predicted molar refractivity (Wildman–Crippen MR) is 81.1 cm³/mol. The number of ether oxygens (including phenoxy) is 1. The van der Waals surface area contributed by atoms with E-state index < -0.39 is 30.1 Å². The Kier molecular flexibility index (Phi) is 5.65. The molecule has 0 aliphatic carbocycles. The summed E-state index contributed by atoms with van der Waals surface area (Å²) in [5.74, 6) is -2.55. The molecule has 0 fully saturated rings. The third-order valence-electron chi connectivity index (χ3n) is 2.81. The number of hydrogen-bond acceptors (Lipinski definition) is 3. The molecule has 0 bridgehead atoms. The smallest absolute Gasteiger partial charge is 0.310 e. The van der Waals surface area contributed by atoms with Gasteiger partial charge in [-0.15, -0.1) is 0 Å². The number of esters is 1. The SMILES string of the molecule is O=C(COC(=O)Cc1cccc(F)c1)Nc1ccc(Cl)cc1F. The van der Waals surface area contributed by atoms with Gasteiger partial charge in [-0.2, -0.15) is 0 Å². The van der Waals surface area contributed by atoms with Crippen LogP contribution in [0.2, 0.25) is 5.02 Å². The summed E-state index contributed by atoms with van der Waals surface area (Å²) in [7, 11) is 0. The van der Waals surface area contributed by atoms with E-state index in [1.807, 2.05) is 0 Å². The van der Waals surface area contributed by atoms with Crippen LogP contribution in [0.3, 0.4) is 0 Å². The van der Waals surface area contributed by atoms with E-state index in [4.69, 9.17) is 16.3 Å². The van der Waals surface area contributed by atoms with Gasteiger partial charge in [0.25, 0.3) is 5.91 Å². The van der Waals surface area contributed by atoms with Crippen LogP contribution in [0.1, 0.15) is 5.56 Å². The highest BCUT2D eigenvalue weighted by Gasteiger charge is 2.11. The van der Waals surface area contributed by atoms with Gasteiger partial charge in [0.1, 0.15) is 11.6 Å². The molecule has 0 saturated carbocycles. The second kappa shape index (κ2) is 7.69. The van der Waals surface area contributed by atoms with Gasteiger partial charge in [-0.05, 0) is 35.9 Å². The fourth-order valence-electron chi connectivity index (χ4n) is 1.79. The molecule has 4 nitrogen and oxygen atoms in total. The molecule has 1 N–H and O–H groups in total. The zero-order chi connectivity index (χ0) is 16.8. The molecule has 1 amide bonds. The molecule has 0 aliphatic heterocycles. The minimum absolute atomic E-state index is 0.0689. The second-order valence-electron chi connectivity index (χ2n) is 4.64. The Hall–Kier alpha value is -2.47. The molecule has 23 heavy (non-hydrogen) atoms. The molecule has 0 saturated heterocycles. The Morgan fingerprint density at radius 3 is 2.61 bits per heavy atom. The summed E-state index contributed by atoms with van der Waals surface area (Å²) in [4.78, 5) is 23.2. The van der Waals surface area contributed by atoms with Gasteiger partial charge in [-0.3, -0.25) is 9.59 Å². The van der Waals surface area contributed by atoms with Crippen LogP contribution in [0.15, 0.2) is 42.5 Å². The van der Waals surface area contributed by atoms with Crippen molar-refractivity contribution in [2.45, 2.75) is 6.42 Å². The first-order valence-corrected chi connectivity index (χ1v) is 6.97. The van der Waals surface area contributed by atoms with Crippen molar-refractivity contribution in [3.05, 3.63) is 64.7 Å². The molecule has 2 aromatic rings. The number of hydrogen-bond donors (Lipinski definition) is 1. The largest absolute Gasteiger partial charge is 0.455 e. The molecule has 120 valence electrons. The van der Waals surface area contributed by atoms with E-state index in [0.29, 0.717) is 5.56 Å². The van der Waals surface area contributed by atoms with Gasteiger partial charge in [-0.1, -0.05) is 23.7 Å². The van der Waals surface area contributed by atoms with Crippen LogP contribution in [0.25, 0.3) is 0 Å². The molecule has 2 rings (SSSR count). The van der Waals surface area contributed by atoms with E-state index in [1.54, 1.807) is 6.07 Å². The zero-order valence-corrected chi connectivity index (χ0v) is 12.6. The van der Waals surface area contributed by atoms with Crippen molar-refractivity contribution in [1.82, 2.24) is 0 Å². The zero-order valence-electron chi connectivity index (χ0n) is 11.8. The average molecular weight is 340 g/mol. The molecular weight excluding hydrogens is 328 g/mol. The summed E-state index contributed by atoms with van der Waals surface area (Å²) < 4.78 is 31.2. The number of halogens is 3. The Labute approximate surface area is 136 Å². The van der Waals surface area contributed by atoms with E-state index >= 15 is 0 Å². The van der Waals surface area contributed by atoms with Gasteiger partial charge in [0.15, 0.2) is 6.61 Å². The lowest BCUT2D eigenvalue weighted by Crippen LogP contribution is -2.22. The van der Waals surface area contributed by atoms with Gasteiger partial charge in [0, 0.05) is 5.02 Å². The first kappa shape index (κ1) is 16.9. The van der Waals surface area contributed by atoms with E-state index in [9.17, 15) is 18.4 Å². The maximum atomic E-state index is 13.5. The van der Waals surface area contributed by atoms with Gasteiger partial charge < -0.3 is 10.1 Å². The van der Waals surface area contributed by atoms with Crippen molar-refractivity contribution >= 4 is 29.2 Å². The fraction of sp³-hybridized carbons (Fsp3) is 0.125. The molecule has 7 heteroatoms. The molecule has 0 heterocycles. The normalized spacial score (nSPS) is 10.2. The van der Waals surface area contributed by atoms with Crippen LogP contribution in [0.4, 0.5) is 14.5 Å². The van der Waals surface area contributed by atoms with Crippen LogP contribution in [-0.4, -0.2) is 18.5 Å². The Morgan fingerprint density at radius 1 is 1.13 bits per heavy atom. The minimum Gasteiger partial charge on any atom is -0.455 e. The van der Waals surface area contributed by atoms with Crippen LogP contribution >= 0.6 is 11.6 Å². The molecule has 0 unspecified atom stereocenters. The Bertz CT molecular complexity index is 737. The van der Waals surface area contributed by atoms with Crippen molar-refractivity contribution in [2.75, 3.05) is 11.9 Å². The molecule has 0 aromatic heterocycles. The summed E-state index contributed by atoms with van der Waals surface area (Å²) in [6.45, 7) is -0.573. The standard InChI is InChI=1S/C16H12ClF2NO3/c17-11-4-5-14(13(19)8-11)20-15(21)9-23-16(22)7-10-2-1-3-12(18)6-10/h1-6,8H,7,9H2,(H,20,21). The molecule has 2 aromatic carbocycles. The predicted octanol–water partition coefficient (Wildman–Crippen LogP) is 3.34. The summed E-state index contributed by atoms with van der Waals surface area (Å²) in [5, 5.41) is 2.45. The number of carbonyl (C=O) groups excluding carboxylic acids is 2. The van der Waals surface area contributed by atoms with Crippen molar-refractivity contribution in [2.24, 2.45) is 0 Å². The maximum absolute atomic E-state index is 13.5. The van der Waals surface area contributed by atoms with Crippen molar-refractivity contribution < 1.29 is 23.1 Å². The van der Waals surface area contributed by atoms with E-state index in [2.05, 4.69) is 5.32 Å². The number of rotatable bonds is 5. The number of amides is 1. The first-order valence-electron chi connectivity index (χ1n) is 6.59. The lowest BCUT2D eigenvalue weighted by molar-refractivity contribution is -0.146. The Balaban J connectivity index is 1.83. The summed E-state index contributed by atoms with van der Waals surface area (Å²) >= 11 is 5.60. The highest BCUT2D eigenvalue weighted by molar-refractivity contribution is 6.30. The average Bonchev–Trinajstić information content (AvgIpc) is 2.48. The summed E-state index contributed by atoms with van der Waals surface area (Å²) in [6.07, 6.45) is -0.166. The number of anilines is 1. The van der Waals surface area contributed by atoms with E-state index in [1.165, 1.54) is 30.3 Å². The van der Waals surface area contributed by atoms with Crippen LogP contribution in [0.5, 0.6) is 0 Å². The summed E-state index contributed by atoms with van der Waals surface area (Å²) in [6, 6.07) is 9.24. The van der Waals surface area contributed by atoms with E-state index in [0.717, 1.165) is 6.07 Å². The summed E-state index contributed by atoms with van der Waals surface area (Å²) in [5.41, 5.74) is 0.361. The van der Waals surface area contributed by atoms with Crippen molar-refractivity contribution in [3.8, 4) is 0 Å². The molecule has 0 aliphatic rings. The van der Waals surface area contributed by atoms with Gasteiger partial charge in [-0.25, -0.2) is 8.78 Å². The first-order chi connectivity index (χ1) is 10.9. The molecular formula is C16H12ClF2NO3. The van der Waals surface area contributed by atoms with Gasteiger partial charge in [0.2, 0.25) is 0 Å². The number of benzene rings is 2. The van der Waals surface area contributed by atoms with Crippen molar-refractivity contribution in [3.63, 3.8) is 0 Å². The number of carbonyl (C=O) groups is 2. The lowest BCUT2D eigenvalue weighted by Gasteiger charge is -2.08. The third-order valence-corrected chi connectivity index (χ3v) is 3.04. The van der Waals surface area contributed by atoms with E-state index in [-0.39, 0.29) is 17.1 Å².